The zero-order valence-electron chi connectivity index (χ0n) is 14.6. The molecule has 0 bridgehead atoms. The van der Waals surface area contributed by atoms with Crippen molar-refractivity contribution in [3.05, 3.63) is 35.2 Å². The molecule has 2 amide bonds. The molecule has 2 aliphatic heterocycles. The number of nitrogens with zero attached hydrogens (tertiary/aromatic N) is 2. The highest BCUT2D eigenvalue weighted by Gasteiger charge is 2.72. The second kappa shape index (κ2) is 6.56. The lowest BCUT2D eigenvalue weighted by molar-refractivity contribution is -0.153. The molecule has 1 aromatic heterocycles. The van der Waals surface area contributed by atoms with Crippen LogP contribution in [0.1, 0.15) is 18.2 Å². The Morgan fingerprint density at radius 3 is 2.71 bits per heavy atom. The molecule has 12 heteroatoms. The Balaban J connectivity index is 2.06. The van der Waals surface area contributed by atoms with E-state index in [0.717, 1.165) is 11.8 Å². The van der Waals surface area contributed by atoms with E-state index in [4.69, 9.17) is 5.73 Å². The monoisotopic (exact) mass is 411 g/mol. The lowest BCUT2D eigenvalue weighted by atomic mass is 9.94. The summed E-state index contributed by atoms with van der Waals surface area (Å²) in [6.07, 6.45) is 1.36. The molecule has 0 saturated carbocycles. The van der Waals surface area contributed by atoms with Gasteiger partial charge >= 0.3 is 12.1 Å². The summed E-state index contributed by atoms with van der Waals surface area (Å²) in [6, 6.07) is 1.26. The van der Waals surface area contributed by atoms with Gasteiger partial charge in [-0.15, -0.1) is 0 Å². The number of amides is 2. The zero-order chi connectivity index (χ0) is 20.9. The van der Waals surface area contributed by atoms with Gasteiger partial charge in [0.2, 0.25) is 0 Å². The predicted octanol–water partition coefficient (Wildman–Crippen LogP) is -1.14. The first-order valence-electron chi connectivity index (χ1n) is 8.03. The standard InChI is InChI=1S/C16H17N3O8S/c1-16(7-27-15(17)24)11(14(22)23)19-12(21)10(13(19)28(16,25)26)5-9-4-8(6-20)2-3-18-9/h2-5,11,13,20H,6-7H2,1H3,(H2,17,24)(H,22,23)/b10-5-/t11-,13?,16-/m0/s1. The van der Waals surface area contributed by atoms with Crippen molar-refractivity contribution in [1.29, 1.82) is 0 Å². The largest absolute Gasteiger partial charge is 0.480 e. The molecule has 2 fully saturated rings. The molecule has 4 N–H and O–H groups in total. The molecule has 1 aromatic rings. The second-order valence-corrected chi connectivity index (χ2v) is 9.09. The van der Waals surface area contributed by atoms with Crippen molar-refractivity contribution in [2.45, 2.75) is 29.7 Å². The number of sulfone groups is 1. The maximum atomic E-state index is 13.1. The smallest absolute Gasteiger partial charge is 0.404 e. The molecule has 11 nitrogen and oxygen atoms in total. The normalized spacial score (nSPS) is 29.3. The number of carboxylic acid groups (broad SMARTS) is 1. The molecule has 3 heterocycles. The highest BCUT2D eigenvalue weighted by molar-refractivity contribution is 7.94. The van der Waals surface area contributed by atoms with Crippen LogP contribution in [-0.4, -0.2) is 69.3 Å². The van der Waals surface area contributed by atoms with Gasteiger partial charge in [-0.25, -0.2) is 18.0 Å². The van der Waals surface area contributed by atoms with Gasteiger partial charge in [0, 0.05) is 6.20 Å². The van der Waals surface area contributed by atoms with E-state index in [1.54, 1.807) is 6.07 Å². The lowest BCUT2D eigenvalue weighted by Crippen LogP contribution is -2.59. The van der Waals surface area contributed by atoms with Crippen LogP contribution in [0.2, 0.25) is 0 Å². The minimum atomic E-state index is -4.29. The minimum absolute atomic E-state index is 0.156. The summed E-state index contributed by atoms with van der Waals surface area (Å²) >= 11 is 0. The van der Waals surface area contributed by atoms with Gasteiger partial charge in [0.05, 0.1) is 17.9 Å². The number of fused-ring (bicyclic) bond motifs is 1. The number of hydrogen-bond acceptors (Lipinski definition) is 8. The van der Waals surface area contributed by atoms with Crippen LogP contribution in [0.5, 0.6) is 0 Å². The van der Waals surface area contributed by atoms with Crippen molar-refractivity contribution in [2.24, 2.45) is 5.73 Å². The topological polar surface area (TPSA) is 177 Å². The first-order valence-corrected chi connectivity index (χ1v) is 9.57. The summed E-state index contributed by atoms with van der Waals surface area (Å²) < 4.78 is 28.7. The van der Waals surface area contributed by atoms with Gasteiger partial charge in [0.1, 0.15) is 11.4 Å². The van der Waals surface area contributed by atoms with Crippen LogP contribution in [-0.2, 0) is 30.8 Å². The van der Waals surface area contributed by atoms with Gasteiger partial charge in [-0.1, -0.05) is 0 Å². The van der Waals surface area contributed by atoms with Crippen LogP contribution in [0.25, 0.3) is 6.08 Å². The van der Waals surface area contributed by atoms with Crippen molar-refractivity contribution >= 4 is 33.9 Å². The molecule has 3 rings (SSSR count). The van der Waals surface area contributed by atoms with Crippen molar-refractivity contribution in [1.82, 2.24) is 9.88 Å². The number of aromatic nitrogens is 1. The summed E-state index contributed by atoms with van der Waals surface area (Å²) in [5.74, 6) is -2.32. The number of ether oxygens (including phenoxy) is 1. The van der Waals surface area contributed by atoms with E-state index >= 15 is 0 Å². The SMILES string of the molecule is C[C@]1(COC(N)=O)[C@H](C(=O)O)N2C(=O)/C(=C/c3cc(CO)ccn3)C2S1(=O)=O. The van der Waals surface area contributed by atoms with Gasteiger partial charge in [0.15, 0.2) is 21.3 Å². The minimum Gasteiger partial charge on any atom is -0.480 e. The molecular formula is C16H17N3O8S. The highest BCUT2D eigenvalue weighted by Crippen LogP contribution is 2.49. The molecule has 0 radical (unpaired) electrons. The number of carboxylic acids is 1. The Morgan fingerprint density at radius 1 is 1.46 bits per heavy atom. The van der Waals surface area contributed by atoms with Crippen LogP contribution >= 0.6 is 0 Å². The zero-order valence-corrected chi connectivity index (χ0v) is 15.4. The van der Waals surface area contributed by atoms with Gasteiger partial charge < -0.3 is 25.6 Å². The molecule has 150 valence electrons. The summed E-state index contributed by atoms with van der Waals surface area (Å²) in [5.41, 5.74) is 5.47. The number of nitrogens with two attached hydrogens (primary N) is 1. The quantitative estimate of drug-likeness (QED) is 0.399. The van der Waals surface area contributed by atoms with E-state index in [9.17, 15) is 33.0 Å². The lowest BCUT2D eigenvalue weighted by Gasteiger charge is -2.37. The fourth-order valence-corrected chi connectivity index (χ4v) is 5.72. The van der Waals surface area contributed by atoms with Crippen molar-refractivity contribution in [3.63, 3.8) is 0 Å². The van der Waals surface area contributed by atoms with E-state index in [2.05, 4.69) is 9.72 Å². The molecule has 0 spiro atoms. The van der Waals surface area contributed by atoms with Crippen molar-refractivity contribution < 1.29 is 37.8 Å². The summed E-state index contributed by atoms with van der Waals surface area (Å²) in [7, 11) is -4.29. The number of pyridine rings is 1. The fraction of sp³-hybridized carbons (Fsp3) is 0.375. The number of carbonyl (C=O) groups is 3. The van der Waals surface area contributed by atoms with Crippen LogP contribution < -0.4 is 5.73 Å². The number of hydrogen-bond donors (Lipinski definition) is 3. The van der Waals surface area contributed by atoms with Crippen LogP contribution in [0, 0.1) is 0 Å². The number of β-lactam (4-membered cyclic amide) rings is 1. The predicted molar refractivity (Wildman–Crippen MR) is 93.1 cm³/mol. The number of aliphatic hydroxyl groups excluding tert-OH is 1. The molecular weight excluding hydrogens is 394 g/mol. The third kappa shape index (κ3) is 2.72. The Hall–Kier alpha value is -2.99. The number of rotatable bonds is 5. The highest BCUT2D eigenvalue weighted by atomic mass is 32.2. The fourth-order valence-electron chi connectivity index (χ4n) is 3.44. The molecule has 2 saturated heterocycles. The molecule has 2 aliphatic rings. The maximum absolute atomic E-state index is 13.1. The number of aliphatic hydroxyl groups is 1. The van der Waals surface area contributed by atoms with Gasteiger partial charge in [-0.2, -0.15) is 0 Å². The molecule has 1 unspecified atom stereocenters. The molecule has 0 aliphatic carbocycles. The molecule has 3 atom stereocenters. The molecule has 0 aromatic carbocycles. The summed E-state index contributed by atoms with van der Waals surface area (Å²) in [6.45, 7) is 0.00939. The third-order valence-electron chi connectivity index (χ3n) is 4.87. The number of carbonyl (C=O) groups excluding carboxylic acids is 2. The maximum Gasteiger partial charge on any atom is 0.404 e. The van der Waals surface area contributed by atoms with Crippen LogP contribution in [0.4, 0.5) is 4.79 Å². The first kappa shape index (κ1) is 19.8. The Labute approximate surface area is 159 Å². The van der Waals surface area contributed by atoms with Crippen LogP contribution in [0.15, 0.2) is 23.9 Å². The first-order chi connectivity index (χ1) is 13.0. The van der Waals surface area contributed by atoms with Gasteiger partial charge in [-0.3, -0.25) is 9.78 Å². The number of primary amides is 1. The summed E-state index contributed by atoms with van der Waals surface area (Å²) in [4.78, 5) is 40.0. The average molecular weight is 411 g/mol. The summed E-state index contributed by atoms with van der Waals surface area (Å²) in [5, 5.41) is 17.2. The Kier molecular flexibility index (Phi) is 4.63. The Bertz CT molecular complexity index is 1000. The van der Waals surface area contributed by atoms with Gasteiger partial charge in [0.25, 0.3) is 5.91 Å². The average Bonchev–Trinajstić information content (AvgIpc) is 2.80. The van der Waals surface area contributed by atoms with Crippen LogP contribution in [0.3, 0.4) is 0 Å². The molecule has 28 heavy (non-hydrogen) atoms. The van der Waals surface area contributed by atoms with E-state index in [-0.39, 0.29) is 17.9 Å². The van der Waals surface area contributed by atoms with Gasteiger partial charge in [-0.05, 0) is 30.7 Å². The van der Waals surface area contributed by atoms with E-state index in [1.165, 1.54) is 18.3 Å². The Morgan fingerprint density at radius 2 is 2.14 bits per heavy atom. The van der Waals surface area contributed by atoms with Crippen molar-refractivity contribution in [2.75, 3.05) is 6.61 Å². The third-order valence-corrected chi connectivity index (χ3v) is 7.58. The van der Waals surface area contributed by atoms with E-state index < -0.39 is 50.6 Å². The van der Waals surface area contributed by atoms with E-state index in [1.807, 2.05) is 0 Å². The number of aliphatic carboxylic acids is 1. The second-order valence-electron chi connectivity index (χ2n) is 6.62. The van der Waals surface area contributed by atoms with E-state index in [0.29, 0.717) is 5.56 Å². The van der Waals surface area contributed by atoms with Crippen molar-refractivity contribution in [3.8, 4) is 0 Å².